The van der Waals surface area contributed by atoms with Gasteiger partial charge in [0.25, 0.3) is 0 Å². The van der Waals surface area contributed by atoms with Crippen LogP contribution in [0.4, 0.5) is 0 Å². The van der Waals surface area contributed by atoms with Crippen molar-refractivity contribution in [1.29, 1.82) is 0 Å². The van der Waals surface area contributed by atoms with Crippen LogP contribution in [0.25, 0.3) is 0 Å². The highest BCUT2D eigenvalue weighted by Crippen LogP contribution is 2.23. The molecular formula is C18H31N. The van der Waals surface area contributed by atoms with E-state index in [0.29, 0.717) is 12.0 Å². The molecule has 0 fully saturated rings. The predicted octanol–water partition coefficient (Wildman–Crippen LogP) is 4.77. The predicted molar refractivity (Wildman–Crippen MR) is 85.8 cm³/mol. The van der Waals surface area contributed by atoms with E-state index in [4.69, 9.17) is 0 Å². The van der Waals surface area contributed by atoms with Crippen molar-refractivity contribution < 1.29 is 0 Å². The lowest BCUT2D eigenvalue weighted by molar-refractivity contribution is 0.430. The van der Waals surface area contributed by atoms with Gasteiger partial charge >= 0.3 is 0 Å². The lowest BCUT2D eigenvalue weighted by Crippen LogP contribution is -2.33. The number of likely N-dealkylation sites (N-methyl/N-ethyl adjacent to an activating group) is 1. The zero-order valence-electron chi connectivity index (χ0n) is 13.4. The molecule has 0 spiro atoms. The third-order valence-electron chi connectivity index (χ3n) is 3.82. The standard InChI is InChI=1S/C18H31N/c1-6-8-18(19-7-2)15(5)17-11-9-16(10-12-17)13-14(3)4/h9-12,14-15,18-19H,6-8,13H2,1-5H3. The molecule has 2 unspecified atom stereocenters. The van der Waals surface area contributed by atoms with Crippen LogP contribution < -0.4 is 5.32 Å². The molecule has 1 aromatic carbocycles. The van der Waals surface area contributed by atoms with Crippen LogP contribution in [-0.2, 0) is 6.42 Å². The largest absolute Gasteiger partial charge is 0.314 e. The van der Waals surface area contributed by atoms with Crippen LogP contribution >= 0.6 is 0 Å². The molecule has 1 rings (SSSR count). The number of hydrogen-bond acceptors (Lipinski definition) is 1. The Balaban J connectivity index is 2.72. The Labute approximate surface area is 119 Å². The first-order valence-electron chi connectivity index (χ1n) is 7.90. The van der Waals surface area contributed by atoms with Gasteiger partial charge in [-0.3, -0.25) is 0 Å². The van der Waals surface area contributed by atoms with E-state index in [1.807, 2.05) is 0 Å². The summed E-state index contributed by atoms with van der Waals surface area (Å²) in [5.74, 6) is 1.32. The number of rotatable bonds is 8. The van der Waals surface area contributed by atoms with Crippen LogP contribution in [0.3, 0.4) is 0 Å². The van der Waals surface area contributed by atoms with Crippen molar-refractivity contribution in [3.05, 3.63) is 35.4 Å². The third kappa shape index (κ3) is 5.36. The maximum Gasteiger partial charge on any atom is 0.0133 e. The molecule has 1 nitrogen and oxygen atoms in total. The van der Waals surface area contributed by atoms with E-state index in [0.717, 1.165) is 12.5 Å². The normalized spacial score (nSPS) is 14.6. The van der Waals surface area contributed by atoms with Gasteiger partial charge in [0.15, 0.2) is 0 Å². The third-order valence-corrected chi connectivity index (χ3v) is 3.82. The fourth-order valence-electron chi connectivity index (χ4n) is 2.76. The summed E-state index contributed by atoms with van der Waals surface area (Å²) in [4.78, 5) is 0. The zero-order valence-corrected chi connectivity index (χ0v) is 13.4. The zero-order chi connectivity index (χ0) is 14.3. The molecular weight excluding hydrogens is 230 g/mol. The van der Waals surface area contributed by atoms with Gasteiger partial charge in [-0.1, -0.05) is 65.3 Å². The fourth-order valence-corrected chi connectivity index (χ4v) is 2.76. The first kappa shape index (κ1) is 16.2. The van der Waals surface area contributed by atoms with E-state index in [-0.39, 0.29) is 0 Å². The van der Waals surface area contributed by atoms with E-state index in [9.17, 15) is 0 Å². The van der Waals surface area contributed by atoms with Gasteiger partial charge in [-0.25, -0.2) is 0 Å². The Bertz CT molecular complexity index is 333. The summed E-state index contributed by atoms with van der Waals surface area (Å²) < 4.78 is 0. The monoisotopic (exact) mass is 261 g/mol. The van der Waals surface area contributed by atoms with Crippen LogP contribution in [-0.4, -0.2) is 12.6 Å². The highest BCUT2D eigenvalue weighted by atomic mass is 14.9. The minimum absolute atomic E-state index is 0.591. The summed E-state index contributed by atoms with van der Waals surface area (Å²) >= 11 is 0. The lowest BCUT2D eigenvalue weighted by atomic mass is 9.89. The van der Waals surface area contributed by atoms with Crippen molar-refractivity contribution in [1.82, 2.24) is 5.32 Å². The lowest BCUT2D eigenvalue weighted by Gasteiger charge is -2.25. The number of nitrogens with one attached hydrogen (secondary N) is 1. The van der Waals surface area contributed by atoms with Crippen LogP contribution in [0.1, 0.15) is 64.5 Å². The molecule has 1 heteroatoms. The fraction of sp³-hybridized carbons (Fsp3) is 0.667. The Morgan fingerprint density at radius 1 is 1.00 bits per heavy atom. The molecule has 0 aliphatic heterocycles. The van der Waals surface area contributed by atoms with Gasteiger partial charge in [-0.15, -0.1) is 0 Å². The van der Waals surface area contributed by atoms with Gasteiger partial charge in [-0.2, -0.15) is 0 Å². The van der Waals surface area contributed by atoms with Gasteiger partial charge in [0.05, 0.1) is 0 Å². The molecule has 0 heterocycles. The Morgan fingerprint density at radius 3 is 2.11 bits per heavy atom. The second kappa shape index (κ2) is 8.37. The molecule has 19 heavy (non-hydrogen) atoms. The maximum absolute atomic E-state index is 3.63. The molecule has 0 aliphatic carbocycles. The van der Waals surface area contributed by atoms with Crippen molar-refractivity contribution in [3.63, 3.8) is 0 Å². The Morgan fingerprint density at radius 2 is 1.63 bits per heavy atom. The van der Waals surface area contributed by atoms with E-state index in [2.05, 4.69) is 64.2 Å². The van der Waals surface area contributed by atoms with Crippen LogP contribution in [0.5, 0.6) is 0 Å². The topological polar surface area (TPSA) is 12.0 Å². The van der Waals surface area contributed by atoms with Crippen molar-refractivity contribution in [3.8, 4) is 0 Å². The average Bonchev–Trinajstić information content (AvgIpc) is 2.38. The quantitative estimate of drug-likeness (QED) is 0.711. The van der Waals surface area contributed by atoms with Gasteiger partial charge in [0.2, 0.25) is 0 Å². The summed E-state index contributed by atoms with van der Waals surface area (Å²) in [6.45, 7) is 12.4. The molecule has 0 saturated heterocycles. The number of benzene rings is 1. The first-order valence-corrected chi connectivity index (χ1v) is 7.90. The SMILES string of the molecule is CCCC(NCC)C(C)c1ccc(CC(C)C)cc1. The molecule has 0 saturated carbocycles. The van der Waals surface area contributed by atoms with E-state index < -0.39 is 0 Å². The molecule has 0 radical (unpaired) electrons. The minimum Gasteiger partial charge on any atom is -0.314 e. The van der Waals surface area contributed by atoms with Gasteiger partial charge in [-0.05, 0) is 42.3 Å². The second-order valence-corrected chi connectivity index (χ2v) is 6.08. The van der Waals surface area contributed by atoms with E-state index in [1.54, 1.807) is 0 Å². The highest BCUT2D eigenvalue weighted by Gasteiger charge is 2.16. The first-order chi connectivity index (χ1) is 9.08. The minimum atomic E-state index is 0.591. The van der Waals surface area contributed by atoms with E-state index >= 15 is 0 Å². The summed E-state index contributed by atoms with van der Waals surface area (Å²) in [7, 11) is 0. The van der Waals surface area contributed by atoms with Crippen molar-refractivity contribution in [2.24, 2.45) is 5.92 Å². The van der Waals surface area contributed by atoms with Crippen LogP contribution in [0.2, 0.25) is 0 Å². The molecule has 108 valence electrons. The maximum atomic E-state index is 3.63. The van der Waals surface area contributed by atoms with Crippen LogP contribution in [0.15, 0.2) is 24.3 Å². The number of hydrogen-bond donors (Lipinski definition) is 1. The van der Waals surface area contributed by atoms with Gasteiger partial charge in [0.1, 0.15) is 0 Å². The van der Waals surface area contributed by atoms with Gasteiger partial charge < -0.3 is 5.32 Å². The highest BCUT2D eigenvalue weighted by molar-refractivity contribution is 5.26. The van der Waals surface area contributed by atoms with Crippen LogP contribution in [0, 0.1) is 5.92 Å². The summed E-state index contributed by atoms with van der Waals surface area (Å²) in [5.41, 5.74) is 2.92. The van der Waals surface area contributed by atoms with Crippen molar-refractivity contribution in [2.75, 3.05) is 6.54 Å². The Kier molecular flexibility index (Phi) is 7.15. The molecule has 0 aromatic heterocycles. The summed E-state index contributed by atoms with van der Waals surface area (Å²) in [6.07, 6.45) is 3.68. The van der Waals surface area contributed by atoms with E-state index in [1.165, 1.54) is 30.4 Å². The molecule has 1 N–H and O–H groups in total. The van der Waals surface area contributed by atoms with Gasteiger partial charge in [0, 0.05) is 6.04 Å². The van der Waals surface area contributed by atoms with Crippen molar-refractivity contribution >= 4 is 0 Å². The Hall–Kier alpha value is -0.820. The summed E-state index contributed by atoms with van der Waals surface area (Å²) in [5, 5.41) is 3.63. The molecule has 0 aliphatic rings. The molecule has 0 amide bonds. The average molecular weight is 261 g/mol. The molecule has 1 aromatic rings. The summed E-state index contributed by atoms with van der Waals surface area (Å²) in [6, 6.07) is 9.86. The molecule has 0 bridgehead atoms. The smallest absolute Gasteiger partial charge is 0.0133 e. The second-order valence-electron chi connectivity index (χ2n) is 6.08. The van der Waals surface area contributed by atoms with Crippen molar-refractivity contribution in [2.45, 2.75) is 65.8 Å². The molecule has 2 atom stereocenters.